The van der Waals surface area contributed by atoms with Crippen molar-refractivity contribution in [2.24, 2.45) is 0 Å². The summed E-state index contributed by atoms with van der Waals surface area (Å²) >= 11 is 0. The molecule has 6 nitrogen and oxygen atoms in total. The first-order valence-corrected chi connectivity index (χ1v) is 14.8. The van der Waals surface area contributed by atoms with Crippen LogP contribution in [0.3, 0.4) is 0 Å². The lowest BCUT2D eigenvalue weighted by atomic mass is 9.97. The van der Waals surface area contributed by atoms with Crippen LogP contribution in [0.15, 0.2) is 134 Å². The molecule has 0 spiro atoms. The van der Waals surface area contributed by atoms with Crippen LogP contribution in [0.25, 0.3) is 0 Å². The molecular weight excluding hydrogens is 540 g/mol. The maximum atomic E-state index is 6.68. The van der Waals surface area contributed by atoms with Crippen LogP contribution in [0.4, 0.5) is 0 Å². The van der Waals surface area contributed by atoms with Crippen LogP contribution in [0.5, 0.6) is 0 Å². The standard InChI is InChI=1S/C37H40O6/c1-2-23-39-37-36(42-27-32-21-13-6-14-22-32)35(41-26-31-19-11-5-12-20-31)34(40-25-30-17-9-4-10-18-30)33(43-37)28-38-24-29-15-7-3-8-16-29/h2-22,33-37H,1,23-28H2. The van der Waals surface area contributed by atoms with E-state index in [2.05, 4.69) is 6.58 Å². The van der Waals surface area contributed by atoms with E-state index in [-0.39, 0.29) is 0 Å². The highest BCUT2D eigenvalue weighted by Crippen LogP contribution is 2.31. The molecule has 5 unspecified atom stereocenters. The lowest BCUT2D eigenvalue weighted by Crippen LogP contribution is -2.61. The van der Waals surface area contributed by atoms with Gasteiger partial charge in [-0.15, -0.1) is 6.58 Å². The fraction of sp³-hybridized carbons (Fsp3) is 0.297. The summed E-state index contributed by atoms with van der Waals surface area (Å²) in [5, 5.41) is 0. The molecule has 5 rings (SSSR count). The van der Waals surface area contributed by atoms with Gasteiger partial charge in [-0.25, -0.2) is 0 Å². The summed E-state index contributed by atoms with van der Waals surface area (Å²) in [7, 11) is 0. The van der Waals surface area contributed by atoms with Crippen molar-refractivity contribution >= 4 is 0 Å². The molecule has 1 saturated heterocycles. The van der Waals surface area contributed by atoms with Crippen molar-refractivity contribution in [2.45, 2.75) is 57.1 Å². The number of hydrogen-bond donors (Lipinski definition) is 0. The molecule has 0 radical (unpaired) electrons. The van der Waals surface area contributed by atoms with Gasteiger partial charge in [-0.05, 0) is 22.3 Å². The van der Waals surface area contributed by atoms with Crippen molar-refractivity contribution < 1.29 is 28.4 Å². The molecule has 4 aromatic carbocycles. The van der Waals surface area contributed by atoms with Crippen LogP contribution < -0.4 is 0 Å². The minimum absolute atomic E-state index is 0.291. The van der Waals surface area contributed by atoms with E-state index >= 15 is 0 Å². The molecule has 6 heteroatoms. The SMILES string of the molecule is C=CCOC1OC(COCc2ccccc2)C(OCc2ccccc2)C(OCc2ccccc2)C1OCc1ccccc1. The highest BCUT2D eigenvalue weighted by molar-refractivity contribution is 5.16. The zero-order chi connectivity index (χ0) is 29.5. The Morgan fingerprint density at radius 1 is 0.512 bits per heavy atom. The molecule has 0 saturated carbocycles. The topological polar surface area (TPSA) is 55.4 Å². The summed E-state index contributed by atoms with van der Waals surface area (Å²) in [6.45, 7) is 6.02. The third kappa shape index (κ3) is 9.43. The Bertz CT molecular complexity index is 1320. The number of hydrogen-bond acceptors (Lipinski definition) is 6. The van der Waals surface area contributed by atoms with Gasteiger partial charge in [0, 0.05) is 0 Å². The molecule has 0 aromatic heterocycles. The molecule has 1 aliphatic heterocycles. The first kappa shape index (κ1) is 30.8. The van der Waals surface area contributed by atoms with Gasteiger partial charge >= 0.3 is 0 Å². The zero-order valence-electron chi connectivity index (χ0n) is 24.4. The van der Waals surface area contributed by atoms with Crippen LogP contribution in [-0.4, -0.2) is 43.9 Å². The molecule has 4 aromatic rings. The summed E-state index contributed by atoms with van der Waals surface area (Å²) in [6, 6.07) is 40.3. The van der Waals surface area contributed by atoms with Gasteiger partial charge in [-0.2, -0.15) is 0 Å². The lowest BCUT2D eigenvalue weighted by molar-refractivity contribution is -0.326. The molecule has 0 amide bonds. The van der Waals surface area contributed by atoms with Crippen LogP contribution in [-0.2, 0) is 54.8 Å². The van der Waals surface area contributed by atoms with E-state index in [1.54, 1.807) is 6.08 Å². The molecule has 43 heavy (non-hydrogen) atoms. The molecule has 224 valence electrons. The van der Waals surface area contributed by atoms with Gasteiger partial charge < -0.3 is 28.4 Å². The highest BCUT2D eigenvalue weighted by Gasteiger charge is 2.49. The van der Waals surface area contributed by atoms with Crippen LogP contribution >= 0.6 is 0 Å². The van der Waals surface area contributed by atoms with Gasteiger partial charge in [0.05, 0.1) is 39.6 Å². The second-order valence-electron chi connectivity index (χ2n) is 10.4. The van der Waals surface area contributed by atoms with Gasteiger partial charge in [0.25, 0.3) is 0 Å². The fourth-order valence-corrected chi connectivity index (χ4v) is 5.04. The van der Waals surface area contributed by atoms with Gasteiger partial charge in [0.15, 0.2) is 6.29 Å². The Kier molecular flexibility index (Phi) is 12.1. The predicted molar refractivity (Wildman–Crippen MR) is 166 cm³/mol. The summed E-state index contributed by atoms with van der Waals surface area (Å²) in [4.78, 5) is 0. The van der Waals surface area contributed by atoms with Crippen molar-refractivity contribution in [3.8, 4) is 0 Å². The second kappa shape index (κ2) is 16.9. The average molecular weight is 581 g/mol. The van der Waals surface area contributed by atoms with Crippen molar-refractivity contribution in [1.82, 2.24) is 0 Å². The van der Waals surface area contributed by atoms with Crippen LogP contribution in [0.2, 0.25) is 0 Å². The van der Waals surface area contributed by atoms with E-state index in [4.69, 9.17) is 28.4 Å². The quantitative estimate of drug-likeness (QED) is 0.135. The normalized spacial score (nSPS) is 21.8. The molecule has 0 bridgehead atoms. The van der Waals surface area contributed by atoms with Crippen molar-refractivity contribution in [3.63, 3.8) is 0 Å². The Morgan fingerprint density at radius 3 is 1.40 bits per heavy atom. The number of ether oxygens (including phenoxy) is 6. The van der Waals surface area contributed by atoms with E-state index < -0.39 is 30.7 Å². The molecule has 0 N–H and O–H groups in total. The Hall–Kier alpha value is -3.62. The van der Waals surface area contributed by atoms with Crippen LogP contribution in [0.1, 0.15) is 22.3 Å². The van der Waals surface area contributed by atoms with Crippen LogP contribution in [0, 0.1) is 0 Å². The number of benzene rings is 4. The third-order valence-electron chi connectivity index (χ3n) is 7.22. The smallest absolute Gasteiger partial charge is 0.187 e. The van der Waals surface area contributed by atoms with E-state index in [0.717, 1.165) is 22.3 Å². The maximum absolute atomic E-state index is 6.68. The fourth-order valence-electron chi connectivity index (χ4n) is 5.04. The number of rotatable bonds is 16. The minimum atomic E-state index is -0.718. The second-order valence-corrected chi connectivity index (χ2v) is 10.4. The van der Waals surface area contributed by atoms with Gasteiger partial charge in [-0.3, -0.25) is 0 Å². The monoisotopic (exact) mass is 580 g/mol. The third-order valence-corrected chi connectivity index (χ3v) is 7.22. The first-order chi connectivity index (χ1) is 21.3. The average Bonchev–Trinajstić information content (AvgIpc) is 3.07. The molecule has 5 atom stereocenters. The summed E-state index contributed by atoms with van der Waals surface area (Å²) in [5.74, 6) is 0. The van der Waals surface area contributed by atoms with Crippen molar-refractivity contribution in [3.05, 3.63) is 156 Å². The van der Waals surface area contributed by atoms with Crippen molar-refractivity contribution in [1.29, 1.82) is 0 Å². The van der Waals surface area contributed by atoms with E-state index in [1.165, 1.54) is 0 Å². The molecule has 1 heterocycles. The largest absolute Gasteiger partial charge is 0.374 e. The maximum Gasteiger partial charge on any atom is 0.187 e. The van der Waals surface area contributed by atoms with Gasteiger partial charge in [0.1, 0.15) is 24.4 Å². The summed E-state index contributed by atoms with van der Waals surface area (Å²) < 4.78 is 38.8. The van der Waals surface area contributed by atoms with E-state index in [1.807, 2.05) is 121 Å². The van der Waals surface area contributed by atoms with Gasteiger partial charge in [-0.1, -0.05) is 127 Å². The molecule has 1 fully saturated rings. The highest BCUT2D eigenvalue weighted by atomic mass is 16.7. The summed E-state index contributed by atoms with van der Waals surface area (Å²) in [6.07, 6.45) is -1.07. The lowest BCUT2D eigenvalue weighted by Gasteiger charge is -2.45. The predicted octanol–water partition coefficient (Wildman–Crippen LogP) is 6.89. The molecular formula is C37H40O6. The van der Waals surface area contributed by atoms with Gasteiger partial charge in [0.2, 0.25) is 0 Å². The summed E-state index contributed by atoms with van der Waals surface area (Å²) in [5.41, 5.74) is 4.24. The Morgan fingerprint density at radius 2 is 0.930 bits per heavy atom. The Labute approximate surface area is 254 Å². The van der Waals surface area contributed by atoms with E-state index in [0.29, 0.717) is 39.6 Å². The first-order valence-electron chi connectivity index (χ1n) is 14.8. The molecule has 1 aliphatic rings. The van der Waals surface area contributed by atoms with Crippen molar-refractivity contribution in [2.75, 3.05) is 13.2 Å². The zero-order valence-corrected chi connectivity index (χ0v) is 24.4. The van der Waals surface area contributed by atoms with E-state index in [9.17, 15) is 0 Å². The molecule has 0 aliphatic carbocycles. The Balaban J connectivity index is 1.41. The minimum Gasteiger partial charge on any atom is -0.374 e.